The monoisotopic (exact) mass is 460 g/mol. The van der Waals surface area contributed by atoms with E-state index < -0.39 is 0 Å². The molecule has 2 aromatic rings. The fourth-order valence-corrected chi connectivity index (χ4v) is 5.37. The highest BCUT2D eigenvalue weighted by molar-refractivity contribution is 6.07. The van der Waals surface area contributed by atoms with Gasteiger partial charge in [-0.3, -0.25) is 14.7 Å². The highest BCUT2D eigenvalue weighted by atomic mass is 16.5. The summed E-state index contributed by atoms with van der Waals surface area (Å²) in [5, 5.41) is 6.83. The fraction of sp³-hybridized carbons (Fsp3) is 0.444. The minimum atomic E-state index is -0.0582. The van der Waals surface area contributed by atoms with Crippen LogP contribution in [0.3, 0.4) is 0 Å². The number of carbonyl (C=O) groups is 1. The number of methoxy groups -OCH3 is 2. The average Bonchev–Trinajstić information content (AvgIpc) is 2.90. The van der Waals surface area contributed by atoms with Crippen molar-refractivity contribution in [3.8, 4) is 11.5 Å². The number of allylic oxidation sites excluding steroid dienone is 2. The summed E-state index contributed by atoms with van der Waals surface area (Å²) in [6.45, 7) is 2.71. The third-order valence-electron chi connectivity index (χ3n) is 7.24. The summed E-state index contributed by atoms with van der Waals surface area (Å²) in [5.74, 6) is 1.57. The number of hydrazone groups is 1. The summed E-state index contributed by atoms with van der Waals surface area (Å²) in [5.41, 5.74) is 3.06. The molecule has 3 heterocycles. The van der Waals surface area contributed by atoms with Crippen LogP contribution in [0.1, 0.15) is 36.9 Å². The predicted molar refractivity (Wildman–Crippen MR) is 131 cm³/mol. The molecular formula is C27H32N4O3. The number of pyridine rings is 1. The van der Waals surface area contributed by atoms with Crippen LogP contribution in [-0.2, 0) is 11.3 Å². The zero-order valence-electron chi connectivity index (χ0n) is 19.9. The normalized spacial score (nSPS) is 23.4. The lowest BCUT2D eigenvalue weighted by Crippen LogP contribution is -2.52. The first-order chi connectivity index (χ1) is 16.7. The summed E-state index contributed by atoms with van der Waals surface area (Å²) in [4.78, 5) is 20.4. The van der Waals surface area contributed by atoms with E-state index in [1.807, 2.05) is 41.5 Å². The first-order valence-electron chi connectivity index (χ1n) is 12.1. The summed E-state index contributed by atoms with van der Waals surface area (Å²) < 4.78 is 11.0. The number of carbonyl (C=O) groups excluding carboxylic acids is 1. The van der Waals surface area contributed by atoms with Crippen molar-refractivity contribution in [1.29, 1.82) is 0 Å². The lowest BCUT2D eigenvalue weighted by molar-refractivity contribution is -0.141. The van der Waals surface area contributed by atoms with Crippen molar-refractivity contribution >= 4 is 11.6 Å². The Morgan fingerprint density at radius 1 is 0.971 bits per heavy atom. The third kappa shape index (κ3) is 4.44. The number of aromatic nitrogens is 1. The smallest absolute Gasteiger partial charge is 0.247 e. The van der Waals surface area contributed by atoms with Gasteiger partial charge in [0.05, 0.1) is 37.6 Å². The highest BCUT2D eigenvalue weighted by Crippen LogP contribution is 2.38. The van der Waals surface area contributed by atoms with Crippen molar-refractivity contribution in [2.75, 3.05) is 27.3 Å². The summed E-state index contributed by atoms with van der Waals surface area (Å²) in [6.07, 6.45) is 9.59. The Morgan fingerprint density at radius 3 is 2.44 bits per heavy atom. The van der Waals surface area contributed by atoms with Crippen LogP contribution in [0, 0.1) is 11.8 Å². The molecule has 0 spiro atoms. The number of ether oxygens (including phenoxy) is 2. The fourth-order valence-electron chi connectivity index (χ4n) is 5.37. The summed E-state index contributed by atoms with van der Waals surface area (Å²) in [6, 6.07) is 12.1. The summed E-state index contributed by atoms with van der Waals surface area (Å²) in [7, 11) is 3.28. The number of rotatable bonds is 6. The Bertz CT molecular complexity index is 1080. The van der Waals surface area contributed by atoms with Gasteiger partial charge in [0.15, 0.2) is 11.5 Å². The molecule has 1 amide bonds. The van der Waals surface area contributed by atoms with E-state index in [4.69, 9.17) is 14.6 Å². The lowest BCUT2D eigenvalue weighted by Gasteiger charge is -2.42. The number of amides is 1. The predicted octanol–water partition coefficient (Wildman–Crippen LogP) is 3.89. The van der Waals surface area contributed by atoms with Gasteiger partial charge in [-0.1, -0.05) is 18.2 Å². The van der Waals surface area contributed by atoms with Crippen LogP contribution in [0.5, 0.6) is 11.5 Å². The maximum Gasteiger partial charge on any atom is 0.247 e. The van der Waals surface area contributed by atoms with E-state index in [1.165, 1.54) is 0 Å². The number of likely N-dealkylation sites (tertiary alicyclic amines) is 1. The van der Waals surface area contributed by atoms with Crippen LogP contribution >= 0.6 is 0 Å². The van der Waals surface area contributed by atoms with Crippen LogP contribution in [-0.4, -0.2) is 59.9 Å². The number of piperidine rings is 1. The van der Waals surface area contributed by atoms with Crippen molar-refractivity contribution in [3.63, 3.8) is 0 Å². The Kier molecular flexibility index (Phi) is 6.63. The second kappa shape index (κ2) is 9.97. The molecule has 2 unspecified atom stereocenters. The van der Waals surface area contributed by atoms with Crippen molar-refractivity contribution < 1.29 is 14.3 Å². The van der Waals surface area contributed by atoms with E-state index in [0.29, 0.717) is 11.5 Å². The number of hydrogen-bond donors (Lipinski definition) is 0. The van der Waals surface area contributed by atoms with E-state index in [-0.39, 0.29) is 23.8 Å². The SMILES string of the molecule is COc1ccc(C2=NN(C3CCN(Cc4ccccn4)CC3)C(=O)C3CC=CCC23)cc1OC. The Labute approximate surface area is 201 Å². The largest absolute Gasteiger partial charge is 0.493 e. The molecule has 0 saturated carbocycles. The second-order valence-electron chi connectivity index (χ2n) is 9.22. The van der Waals surface area contributed by atoms with Crippen molar-refractivity contribution in [2.24, 2.45) is 16.9 Å². The van der Waals surface area contributed by atoms with Gasteiger partial charge in [-0.25, -0.2) is 5.01 Å². The van der Waals surface area contributed by atoms with Gasteiger partial charge in [0.2, 0.25) is 5.91 Å². The first kappa shape index (κ1) is 22.6. The maximum atomic E-state index is 13.5. The first-order valence-corrected chi connectivity index (χ1v) is 12.1. The van der Waals surface area contributed by atoms with Gasteiger partial charge in [-0.05, 0) is 56.0 Å². The molecule has 1 saturated heterocycles. The van der Waals surface area contributed by atoms with E-state index >= 15 is 0 Å². The molecule has 0 N–H and O–H groups in total. The van der Waals surface area contributed by atoms with Gasteiger partial charge in [-0.2, -0.15) is 5.10 Å². The molecule has 3 aliphatic rings. The number of nitrogens with zero attached hydrogens (tertiary/aromatic N) is 4. The average molecular weight is 461 g/mol. The van der Waals surface area contributed by atoms with Gasteiger partial charge in [0.25, 0.3) is 0 Å². The lowest BCUT2D eigenvalue weighted by atomic mass is 9.76. The maximum absolute atomic E-state index is 13.5. The molecule has 0 bridgehead atoms. The third-order valence-corrected chi connectivity index (χ3v) is 7.24. The molecular weight excluding hydrogens is 428 g/mol. The van der Waals surface area contributed by atoms with E-state index in [2.05, 4.69) is 28.1 Å². The molecule has 1 fully saturated rings. The van der Waals surface area contributed by atoms with Crippen molar-refractivity contribution in [2.45, 2.75) is 38.3 Å². The standard InChI is InChI=1S/C27H32N4O3/c1-33-24-11-10-19(17-25(24)34-2)26-22-8-3-4-9-23(22)27(32)31(29-26)21-12-15-30(16-13-21)18-20-7-5-6-14-28-20/h3-7,10-11,14,17,21-23H,8-9,12-13,15-16,18H2,1-2H3. The summed E-state index contributed by atoms with van der Waals surface area (Å²) >= 11 is 0. The molecule has 5 rings (SSSR count). The number of fused-ring (bicyclic) bond motifs is 1. The van der Waals surface area contributed by atoms with E-state index in [9.17, 15) is 4.79 Å². The molecule has 2 aliphatic heterocycles. The minimum absolute atomic E-state index is 0.0582. The van der Waals surface area contributed by atoms with E-state index in [0.717, 1.165) is 62.3 Å². The molecule has 34 heavy (non-hydrogen) atoms. The molecule has 178 valence electrons. The molecule has 2 atom stereocenters. The minimum Gasteiger partial charge on any atom is -0.493 e. The van der Waals surface area contributed by atoms with Crippen LogP contribution < -0.4 is 9.47 Å². The zero-order valence-corrected chi connectivity index (χ0v) is 19.9. The molecule has 7 heteroatoms. The number of hydrogen-bond acceptors (Lipinski definition) is 6. The van der Waals surface area contributed by atoms with Crippen LogP contribution in [0.15, 0.2) is 59.8 Å². The molecule has 7 nitrogen and oxygen atoms in total. The van der Waals surface area contributed by atoms with Crippen molar-refractivity contribution in [1.82, 2.24) is 14.9 Å². The van der Waals surface area contributed by atoms with Crippen LogP contribution in [0.25, 0.3) is 0 Å². The van der Waals surface area contributed by atoms with Gasteiger partial charge in [0, 0.05) is 37.3 Å². The van der Waals surface area contributed by atoms with Gasteiger partial charge in [-0.15, -0.1) is 0 Å². The van der Waals surface area contributed by atoms with Crippen LogP contribution in [0.2, 0.25) is 0 Å². The highest BCUT2D eigenvalue weighted by Gasteiger charge is 2.42. The number of benzene rings is 1. The quantitative estimate of drug-likeness (QED) is 0.612. The van der Waals surface area contributed by atoms with E-state index in [1.54, 1.807) is 14.2 Å². The van der Waals surface area contributed by atoms with Gasteiger partial charge >= 0.3 is 0 Å². The molecule has 1 aromatic heterocycles. The topological polar surface area (TPSA) is 67.3 Å². The van der Waals surface area contributed by atoms with Crippen molar-refractivity contribution in [3.05, 3.63) is 66.0 Å². The van der Waals surface area contributed by atoms with Gasteiger partial charge in [0.1, 0.15) is 0 Å². The second-order valence-corrected chi connectivity index (χ2v) is 9.22. The van der Waals surface area contributed by atoms with Crippen LogP contribution in [0.4, 0.5) is 0 Å². The Morgan fingerprint density at radius 2 is 1.74 bits per heavy atom. The molecule has 0 radical (unpaired) electrons. The Hall–Kier alpha value is -3.19. The zero-order chi connectivity index (χ0) is 23.5. The molecule has 1 aromatic carbocycles. The van der Waals surface area contributed by atoms with Gasteiger partial charge < -0.3 is 9.47 Å². The Balaban J connectivity index is 1.38. The molecule has 1 aliphatic carbocycles.